The molecule has 1 aromatic heterocycles. The second kappa shape index (κ2) is 5.29. The molecule has 2 heterocycles. The maximum absolute atomic E-state index is 5.51. The molecule has 1 aromatic rings. The number of nitrogens with two attached hydrogens (primary N) is 1. The van der Waals surface area contributed by atoms with Crippen molar-refractivity contribution in [2.75, 3.05) is 28.7 Å². The van der Waals surface area contributed by atoms with Crippen molar-refractivity contribution in [3.05, 3.63) is 0 Å². The molecule has 21 heavy (non-hydrogen) atoms. The van der Waals surface area contributed by atoms with Crippen LogP contribution in [0.4, 0.5) is 17.8 Å². The summed E-state index contributed by atoms with van der Waals surface area (Å²) in [6, 6.07) is 0.532. The average Bonchev–Trinajstić information content (AvgIpc) is 3.44. The summed E-state index contributed by atoms with van der Waals surface area (Å²) >= 11 is 0. The molecule has 1 aliphatic heterocycles. The molecule has 0 aromatic carbocycles. The van der Waals surface area contributed by atoms with Gasteiger partial charge in [-0.1, -0.05) is 0 Å². The monoisotopic (exact) mass is 289 g/mol. The van der Waals surface area contributed by atoms with Crippen LogP contribution in [0.1, 0.15) is 38.5 Å². The van der Waals surface area contributed by atoms with E-state index in [0.29, 0.717) is 17.9 Å². The second-order valence-corrected chi connectivity index (χ2v) is 6.47. The van der Waals surface area contributed by atoms with Crippen molar-refractivity contribution in [3.63, 3.8) is 0 Å². The summed E-state index contributed by atoms with van der Waals surface area (Å²) in [5.74, 6) is 8.97. The molecule has 2 aliphatic carbocycles. The number of hydrogen-bond donors (Lipinski definition) is 3. The lowest BCUT2D eigenvalue weighted by molar-refractivity contribution is 0.563. The Bertz CT molecular complexity index is 494. The summed E-state index contributed by atoms with van der Waals surface area (Å²) in [7, 11) is 0. The quantitative estimate of drug-likeness (QED) is 0.538. The highest BCUT2D eigenvalue weighted by atomic mass is 15.4. The normalized spacial score (nSPS) is 21.9. The molecule has 2 saturated carbocycles. The third-order valence-electron chi connectivity index (χ3n) is 4.70. The standard InChI is InChI=1S/C14H23N7/c15-20-13-17-12(16-11(9-3-4-9)10-5-6-10)18-14(19-13)21-7-1-2-8-21/h9-11H,1-8,15H2,(H2,16,17,18,19,20). The van der Waals surface area contributed by atoms with Crippen LogP contribution in [0.3, 0.4) is 0 Å². The van der Waals surface area contributed by atoms with Crippen molar-refractivity contribution in [2.24, 2.45) is 17.7 Å². The van der Waals surface area contributed by atoms with Crippen LogP contribution in [0.5, 0.6) is 0 Å². The van der Waals surface area contributed by atoms with Gasteiger partial charge in [0.05, 0.1) is 0 Å². The minimum absolute atomic E-state index is 0.444. The van der Waals surface area contributed by atoms with Crippen LogP contribution in [0, 0.1) is 11.8 Å². The van der Waals surface area contributed by atoms with E-state index in [9.17, 15) is 0 Å². The fourth-order valence-electron chi connectivity index (χ4n) is 3.23. The van der Waals surface area contributed by atoms with Gasteiger partial charge in [0.1, 0.15) is 0 Å². The average molecular weight is 289 g/mol. The largest absolute Gasteiger partial charge is 0.351 e. The zero-order valence-electron chi connectivity index (χ0n) is 12.3. The Balaban J connectivity index is 1.56. The minimum Gasteiger partial charge on any atom is -0.351 e. The summed E-state index contributed by atoms with van der Waals surface area (Å²) in [6.07, 6.45) is 7.74. The van der Waals surface area contributed by atoms with Gasteiger partial charge in [0.15, 0.2) is 0 Å². The first-order chi connectivity index (χ1) is 10.3. The number of rotatable bonds is 6. The smallest absolute Gasteiger partial charge is 0.243 e. The van der Waals surface area contributed by atoms with Crippen LogP contribution in [-0.4, -0.2) is 34.1 Å². The summed E-state index contributed by atoms with van der Waals surface area (Å²) < 4.78 is 0. The SMILES string of the molecule is NNc1nc(NC(C2CC2)C2CC2)nc(N2CCCC2)n1. The zero-order chi connectivity index (χ0) is 14.2. The van der Waals surface area contributed by atoms with E-state index < -0.39 is 0 Å². The predicted octanol–water partition coefficient (Wildman–Crippen LogP) is 1.36. The van der Waals surface area contributed by atoms with Crippen molar-refractivity contribution in [3.8, 4) is 0 Å². The third kappa shape index (κ3) is 2.88. The highest BCUT2D eigenvalue weighted by molar-refractivity contribution is 5.44. The number of anilines is 3. The summed E-state index contributed by atoms with van der Waals surface area (Å²) in [5, 5.41) is 3.56. The highest BCUT2D eigenvalue weighted by Gasteiger charge is 2.41. The van der Waals surface area contributed by atoms with E-state index in [0.717, 1.165) is 30.9 Å². The van der Waals surface area contributed by atoms with Crippen molar-refractivity contribution >= 4 is 17.8 Å². The first kappa shape index (κ1) is 13.1. The predicted molar refractivity (Wildman–Crippen MR) is 81.9 cm³/mol. The molecular formula is C14H23N7. The van der Waals surface area contributed by atoms with Crippen LogP contribution in [0.2, 0.25) is 0 Å². The minimum atomic E-state index is 0.444. The fraction of sp³-hybridized carbons (Fsp3) is 0.786. The first-order valence-corrected chi connectivity index (χ1v) is 8.07. The number of nitrogen functional groups attached to an aromatic ring is 1. The van der Waals surface area contributed by atoms with Gasteiger partial charge in [0.25, 0.3) is 0 Å². The van der Waals surface area contributed by atoms with E-state index in [1.807, 2.05) is 0 Å². The molecule has 0 amide bonds. The number of hydrazine groups is 1. The van der Waals surface area contributed by atoms with Crippen molar-refractivity contribution in [1.82, 2.24) is 15.0 Å². The molecule has 0 bridgehead atoms. The van der Waals surface area contributed by atoms with Crippen molar-refractivity contribution in [1.29, 1.82) is 0 Å². The molecule has 0 spiro atoms. The maximum atomic E-state index is 5.51. The van der Waals surface area contributed by atoms with Crippen LogP contribution in [-0.2, 0) is 0 Å². The molecule has 114 valence electrons. The van der Waals surface area contributed by atoms with Gasteiger partial charge in [0, 0.05) is 19.1 Å². The van der Waals surface area contributed by atoms with E-state index in [4.69, 9.17) is 5.84 Å². The first-order valence-electron chi connectivity index (χ1n) is 8.07. The summed E-state index contributed by atoms with van der Waals surface area (Å²) in [5.41, 5.74) is 2.57. The van der Waals surface area contributed by atoms with Crippen LogP contribution in [0.15, 0.2) is 0 Å². The molecule has 1 saturated heterocycles. The van der Waals surface area contributed by atoms with Crippen LogP contribution >= 0.6 is 0 Å². The Labute approximate surface area is 124 Å². The van der Waals surface area contributed by atoms with Crippen molar-refractivity contribution in [2.45, 2.75) is 44.6 Å². The zero-order valence-corrected chi connectivity index (χ0v) is 12.3. The van der Waals surface area contributed by atoms with E-state index in [-0.39, 0.29) is 0 Å². The van der Waals surface area contributed by atoms with Crippen LogP contribution in [0.25, 0.3) is 0 Å². The van der Waals surface area contributed by atoms with Crippen LogP contribution < -0.4 is 21.5 Å². The Kier molecular flexibility index (Phi) is 3.29. The lowest BCUT2D eigenvalue weighted by atomic mass is 10.1. The van der Waals surface area contributed by atoms with E-state index >= 15 is 0 Å². The van der Waals surface area contributed by atoms with Gasteiger partial charge >= 0.3 is 0 Å². The molecule has 4 rings (SSSR count). The van der Waals surface area contributed by atoms with Gasteiger partial charge in [-0.05, 0) is 50.4 Å². The molecule has 7 nitrogen and oxygen atoms in total. The van der Waals surface area contributed by atoms with E-state index in [1.165, 1.54) is 38.5 Å². The van der Waals surface area contributed by atoms with Gasteiger partial charge in [-0.15, -0.1) is 0 Å². The van der Waals surface area contributed by atoms with Gasteiger partial charge in [-0.2, -0.15) is 15.0 Å². The van der Waals surface area contributed by atoms with Gasteiger partial charge in [-0.3, -0.25) is 5.43 Å². The van der Waals surface area contributed by atoms with E-state index in [1.54, 1.807) is 0 Å². The maximum Gasteiger partial charge on any atom is 0.243 e. The molecule has 4 N–H and O–H groups in total. The number of hydrogen-bond acceptors (Lipinski definition) is 7. The Morgan fingerprint density at radius 3 is 2.14 bits per heavy atom. The number of nitrogens with one attached hydrogen (secondary N) is 2. The van der Waals surface area contributed by atoms with Gasteiger partial charge in [-0.25, -0.2) is 5.84 Å². The molecule has 3 fully saturated rings. The van der Waals surface area contributed by atoms with Gasteiger partial charge in [0.2, 0.25) is 17.8 Å². The number of aromatic nitrogens is 3. The molecule has 3 aliphatic rings. The topological polar surface area (TPSA) is 92.0 Å². The Hall–Kier alpha value is -1.63. The molecule has 0 unspecified atom stereocenters. The molecule has 0 atom stereocenters. The fourth-order valence-corrected chi connectivity index (χ4v) is 3.23. The molecule has 0 radical (unpaired) electrons. The molecule has 7 heteroatoms. The lowest BCUT2D eigenvalue weighted by Gasteiger charge is -2.20. The van der Waals surface area contributed by atoms with Crippen molar-refractivity contribution < 1.29 is 0 Å². The van der Waals surface area contributed by atoms with Gasteiger partial charge < -0.3 is 10.2 Å². The Morgan fingerprint density at radius 1 is 0.952 bits per heavy atom. The molecular weight excluding hydrogens is 266 g/mol. The van der Waals surface area contributed by atoms with E-state index in [2.05, 4.69) is 30.6 Å². The third-order valence-corrected chi connectivity index (χ3v) is 4.70. The summed E-state index contributed by atoms with van der Waals surface area (Å²) in [4.78, 5) is 15.6. The lowest BCUT2D eigenvalue weighted by Crippen LogP contribution is -2.28. The Morgan fingerprint density at radius 2 is 1.57 bits per heavy atom. The second-order valence-electron chi connectivity index (χ2n) is 6.47. The summed E-state index contributed by atoms with van der Waals surface area (Å²) in [6.45, 7) is 2.03. The number of nitrogens with zero attached hydrogens (tertiary/aromatic N) is 4. The highest BCUT2D eigenvalue weighted by Crippen LogP contribution is 2.45.